The Bertz CT molecular complexity index is 684. The number of sulfonamides is 1. The van der Waals surface area contributed by atoms with Crippen LogP contribution in [0, 0.1) is 0 Å². The summed E-state index contributed by atoms with van der Waals surface area (Å²) in [5, 5.41) is 0. The number of hydrogen-bond donors (Lipinski definition) is 0. The second-order valence-corrected chi connectivity index (χ2v) is 5.99. The number of benzene rings is 1. The van der Waals surface area contributed by atoms with Gasteiger partial charge in [0.2, 0.25) is 0 Å². The Balaban J connectivity index is 2.27. The summed E-state index contributed by atoms with van der Waals surface area (Å²) < 4.78 is 30.8. The van der Waals surface area contributed by atoms with Crippen molar-refractivity contribution in [2.24, 2.45) is 0 Å². The molecular formula is C15H15NO4S. The zero-order chi connectivity index (χ0) is 15.3. The van der Waals surface area contributed by atoms with Gasteiger partial charge in [0, 0.05) is 12.4 Å². The van der Waals surface area contributed by atoms with E-state index in [2.05, 4.69) is 0 Å². The molecule has 0 amide bonds. The molecule has 5 nitrogen and oxygen atoms in total. The van der Waals surface area contributed by atoms with E-state index in [0.29, 0.717) is 5.56 Å². The molecule has 0 spiro atoms. The highest BCUT2D eigenvalue weighted by atomic mass is 32.2. The van der Waals surface area contributed by atoms with Crippen molar-refractivity contribution in [3.8, 4) is 0 Å². The Morgan fingerprint density at radius 3 is 2.14 bits per heavy atom. The van der Waals surface area contributed by atoms with E-state index in [4.69, 9.17) is 4.74 Å². The number of rotatable bonds is 4. The van der Waals surface area contributed by atoms with Crippen molar-refractivity contribution in [2.75, 3.05) is 6.61 Å². The molecule has 21 heavy (non-hydrogen) atoms. The van der Waals surface area contributed by atoms with Gasteiger partial charge in [-0.2, -0.15) is 0 Å². The molecule has 1 aliphatic rings. The second-order valence-electron chi connectivity index (χ2n) is 4.15. The standard InChI is InChI=1S/C15H15NO4S/c1-2-20-15(17)13-7-9-14(10-8-13)21(18,19)16-11-5-3-4-6-12-16/h3-12H,2H2,1H3. The molecule has 6 heteroatoms. The van der Waals surface area contributed by atoms with E-state index in [0.717, 1.165) is 4.31 Å². The molecule has 0 aliphatic carbocycles. The number of ether oxygens (including phenoxy) is 1. The molecule has 0 N–H and O–H groups in total. The Morgan fingerprint density at radius 1 is 1.05 bits per heavy atom. The minimum Gasteiger partial charge on any atom is -0.462 e. The topological polar surface area (TPSA) is 63.7 Å². The quantitative estimate of drug-likeness (QED) is 0.802. The minimum atomic E-state index is -3.67. The fourth-order valence-corrected chi connectivity index (χ4v) is 2.89. The average Bonchev–Trinajstić information content (AvgIpc) is 2.77. The Morgan fingerprint density at radius 2 is 1.62 bits per heavy atom. The van der Waals surface area contributed by atoms with E-state index in [-0.39, 0.29) is 11.5 Å². The monoisotopic (exact) mass is 305 g/mol. The van der Waals surface area contributed by atoms with E-state index in [1.807, 2.05) is 0 Å². The van der Waals surface area contributed by atoms with Gasteiger partial charge in [0.1, 0.15) is 0 Å². The van der Waals surface area contributed by atoms with Crippen LogP contribution in [0.1, 0.15) is 17.3 Å². The minimum absolute atomic E-state index is 0.103. The molecule has 2 rings (SSSR count). The van der Waals surface area contributed by atoms with Crippen molar-refractivity contribution in [3.05, 3.63) is 66.5 Å². The van der Waals surface area contributed by atoms with Crippen molar-refractivity contribution in [2.45, 2.75) is 11.8 Å². The van der Waals surface area contributed by atoms with Crippen molar-refractivity contribution >= 4 is 16.0 Å². The summed E-state index contributed by atoms with van der Waals surface area (Å²) >= 11 is 0. The van der Waals surface area contributed by atoms with Crippen molar-refractivity contribution in [3.63, 3.8) is 0 Å². The van der Waals surface area contributed by atoms with Crippen molar-refractivity contribution in [1.29, 1.82) is 0 Å². The third-order valence-corrected chi connectivity index (χ3v) is 4.41. The van der Waals surface area contributed by atoms with Crippen molar-refractivity contribution in [1.82, 2.24) is 4.31 Å². The number of carbonyl (C=O) groups excluding carboxylic acids is 1. The van der Waals surface area contributed by atoms with Crippen LogP contribution in [-0.2, 0) is 14.8 Å². The summed E-state index contributed by atoms with van der Waals surface area (Å²) in [5.41, 5.74) is 0.319. The van der Waals surface area contributed by atoms with Gasteiger partial charge in [0.25, 0.3) is 10.0 Å². The van der Waals surface area contributed by atoms with Crippen LogP contribution in [0.15, 0.2) is 65.9 Å². The lowest BCUT2D eigenvalue weighted by Crippen LogP contribution is -2.20. The first-order valence-corrected chi connectivity index (χ1v) is 7.82. The third kappa shape index (κ3) is 3.41. The van der Waals surface area contributed by atoms with Crippen LogP contribution in [0.2, 0.25) is 0 Å². The SMILES string of the molecule is CCOC(=O)c1ccc(S(=O)(=O)N2C=CC=CC=C2)cc1. The van der Waals surface area contributed by atoms with Crippen molar-refractivity contribution < 1.29 is 17.9 Å². The smallest absolute Gasteiger partial charge is 0.338 e. The average molecular weight is 305 g/mol. The molecule has 1 aromatic carbocycles. The maximum atomic E-state index is 12.4. The van der Waals surface area contributed by atoms with Crippen LogP contribution < -0.4 is 0 Å². The third-order valence-electron chi connectivity index (χ3n) is 2.74. The Hall–Kier alpha value is -2.34. The molecule has 110 valence electrons. The first kappa shape index (κ1) is 15.1. The molecule has 0 aromatic heterocycles. The fraction of sp³-hybridized carbons (Fsp3) is 0.133. The molecule has 0 fully saturated rings. The van der Waals surface area contributed by atoms with E-state index in [9.17, 15) is 13.2 Å². The van der Waals surface area contributed by atoms with Crippen LogP contribution >= 0.6 is 0 Å². The number of hydrogen-bond acceptors (Lipinski definition) is 4. The molecular weight excluding hydrogens is 290 g/mol. The number of carbonyl (C=O) groups is 1. The van der Waals surface area contributed by atoms with E-state index >= 15 is 0 Å². The lowest BCUT2D eigenvalue weighted by atomic mass is 10.2. The summed E-state index contributed by atoms with van der Waals surface area (Å²) in [5.74, 6) is -0.472. The lowest BCUT2D eigenvalue weighted by Gasteiger charge is -2.15. The maximum absolute atomic E-state index is 12.4. The van der Waals surface area contributed by atoms with Crippen LogP contribution in [0.4, 0.5) is 0 Å². The highest BCUT2D eigenvalue weighted by Crippen LogP contribution is 2.18. The summed E-state index contributed by atoms with van der Waals surface area (Å²) in [4.78, 5) is 11.6. The molecule has 0 bridgehead atoms. The molecule has 0 atom stereocenters. The second kappa shape index (κ2) is 6.41. The normalized spacial score (nSPS) is 14.0. The molecule has 0 saturated carbocycles. The first-order chi connectivity index (χ1) is 10.1. The first-order valence-electron chi connectivity index (χ1n) is 6.38. The van der Waals surface area contributed by atoms with Gasteiger partial charge in [-0.25, -0.2) is 17.5 Å². The van der Waals surface area contributed by atoms with Gasteiger partial charge in [-0.1, -0.05) is 12.2 Å². The zero-order valence-electron chi connectivity index (χ0n) is 11.5. The van der Waals surface area contributed by atoms with Crippen LogP contribution in [-0.4, -0.2) is 25.3 Å². The fourth-order valence-electron chi connectivity index (χ4n) is 1.71. The lowest BCUT2D eigenvalue weighted by molar-refractivity contribution is 0.0526. The molecule has 0 radical (unpaired) electrons. The zero-order valence-corrected chi connectivity index (χ0v) is 12.3. The highest BCUT2D eigenvalue weighted by molar-refractivity contribution is 7.89. The van der Waals surface area contributed by atoms with Gasteiger partial charge >= 0.3 is 5.97 Å². The molecule has 0 saturated heterocycles. The summed E-state index contributed by atoms with van der Waals surface area (Å²) in [6.45, 7) is 1.98. The molecule has 1 aromatic rings. The van der Waals surface area contributed by atoms with E-state index < -0.39 is 16.0 Å². The van der Waals surface area contributed by atoms with Gasteiger partial charge < -0.3 is 4.74 Å². The molecule has 1 heterocycles. The van der Waals surface area contributed by atoms with E-state index in [1.54, 1.807) is 31.2 Å². The highest BCUT2D eigenvalue weighted by Gasteiger charge is 2.20. The molecule has 0 unspecified atom stereocenters. The van der Waals surface area contributed by atoms with Crippen LogP contribution in [0.3, 0.4) is 0 Å². The number of allylic oxidation sites excluding steroid dienone is 4. The van der Waals surface area contributed by atoms with Gasteiger partial charge in [0.05, 0.1) is 17.1 Å². The van der Waals surface area contributed by atoms with Gasteiger partial charge in [-0.15, -0.1) is 0 Å². The summed E-state index contributed by atoms with van der Waals surface area (Å²) in [7, 11) is -3.67. The van der Waals surface area contributed by atoms with Gasteiger partial charge in [-0.3, -0.25) is 0 Å². The maximum Gasteiger partial charge on any atom is 0.338 e. The van der Waals surface area contributed by atoms with Gasteiger partial charge in [-0.05, 0) is 43.3 Å². The Labute approximate surface area is 123 Å². The largest absolute Gasteiger partial charge is 0.462 e. The van der Waals surface area contributed by atoms with E-state index in [1.165, 1.54) is 36.7 Å². The number of nitrogens with zero attached hydrogens (tertiary/aromatic N) is 1. The van der Waals surface area contributed by atoms with Gasteiger partial charge in [0.15, 0.2) is 0 Å². The predicted molar refractivity (Wildman–Crippen MR) is 78.8 cm³/mol. The summed E-state index contributed by atoms with van der Waals surface area (Å²) in [6, 6.07) is 5.66. The number of esters is 1. The van der Waals surface area contributed by atoms with Crippen LogP contribution in [0.25, 0.3) is 0 Å². The van der Waals surface area contributed by atoms with Crippen LogP contribution in [0.5, 0.6) is 0 Å². The summed E-state index contributed by atoms with van der Waals surface area (Å²) in [6.07, 6.45) is 9.63. The predicted octanol–water partition coefficient (Wildman–Crippen LogP) is 2.45. The Kier molecular flexibility index (Phi) is 4.59. The molecule has 1 aliphatic heterocycles.